The predicted molar refractivity (Wildman–Crippen MR) is 95.7 cm³/mol. The van der Waals surface area contributed by atoms with Crippen LogP contribution in [0.1, 0.15) is 17.3 Å². The van der Waals surface area contributed by atoms with Crippen molar-refractivity contribution in [3.63, 3.8) is 0 Å². The van der Waals surface area contributed by atoms with Gasteiger partial charge in [-0.25, -0.2) is 4.79 Å². The third-order valence-corrected chi connectivity index (χ3v) is 3.98. The first-order chi connectivity index (χ1) is 11.4. The Morgan fingerprint density at radius 2 is 1.83 bits per heavy atom. The third kappa shape index (κ3) is 4.72. The van der Waals surface area contributed by atoms with Crippen molar-refractivity contribution in [2.24, 2.45) is 0 Å². The number of benzene rings is 2. The van der Waals surface area contributed by atoms with Gasteiger partial charge in [-0.15, -0.1) is 0 Å². The molecule has 126 valence electrons. The summed E-state index contributed by atoms with van der Waals surface area (Å²) in [6, 6.07) is 11.6. The van der Waals surface area contributed by atoms with Crippen LogP contribution in [0.5, 0.6) is 5.75 Å². The second kappa shape index (κ2) is 8.17. The first-order valence-electron chi connectivity index (χ1n) is 7.01. The van der Waals surface area contributed by atoms with Gasteiger partial charge in [0.1, 0.15) is 5.75 Å². The van der Waals surface area contributed by atoms with Crippen LogP contribution in [0.25, 0.3) is 0 Å². The second-order valence-corrected chi connectivity index (χ2v) is 6.21. The quantitative estimate of drug-likeness (QED) is 0.744. The van der Waals surface area contributed by atoms with E-state index < -0.39 is 18.0 Å². The largest absolute Gasteiger partial charge is 0.497 e. The molecule has 0 saturated carbocycles. The van der Waals surface area contributed by atoms with E-state index in [-0.39, 0.29) is 10.6 Å². The summed E-state index contributed by atoms with van der Waals surface area (Å²) in [5, 5.41) is 2.92. The minimum atomic E-state index is -0.977. The van der Waals surface area contributed by atoms with Gasteiger partial charge in [0, 0.05) is 10.2 Å². The van der Waals surface area contributed by atoms with E-state index in [9.17, 15) is 9.59 Å². The molecule has 0 radical (unpaired) electrons. The predicted octanol–water partition coefficient (Wildman–Crippen LogP) is 4.30. The molecule has 0 fully saturated rings. The average molecular weight is 413 g/mol. The highest BCUT2D eigenvalue weighted by molar-refractivity contribution is 9.10. The molecule has 0 saturated heterocycles. The molecule has 1 unspecified atom stereocenters. The number of carbonyl (C=O) groups excluding carboxylic acids is 2. The van der Waals surface area contributed by atoms with E-state index >= 15 is 0 Å². The summed E-state index contributed by atoms with van der Waals surface area (Å²) in [5.41, 5.74) is 0.763. The van der Waals surface area contributed by atoms with Crippen LogP contribution in [0, 0.1) is 0 Å². The van der Waals surface area contributed by atoms with Crippen LogP contribution in [0.3, 0.4) is 0 Å². The maximum absolute atomic E-state index is 12.1. The smallest absolute Gasteiger partial charge is 0.340 e. The number of halogens is 2. The van der Waals surface area contributed by atoms with Gasteiger partial charge in [-0.05, 0) is 49.4 Å². The number of rotatable bonds is 5. The highest BCUT2D eigenvalue weighted by atomic mass is 79.9. The molecule has 1 N–H and O–H groups in total. The number of methoxy groups -OCH3 is 1. The van der Waals surface area contributed by atoms with Crippen molar-refractivity contribution in [2.45, 2.75) is 13.0 Å². The van der Waals surface area contributed by atoms with E-state index in [2.05, 4.69) is 21.2 Å². The average Bonchev–Trinajstić information content (AvgIpc) is 2.57. The zero-order valence-electron chi connectivity index (χ0n) is 13.0. The summed E-state index contributed by atoms with van der Waals surface area (Å²) in [6.07, 6.45) is -0.977. The molecule has 1 atom stereocenters. The van der Waals surface area contributed by atoms with Crippen molar-refractivity contribution in [2.75, 3.05) is 12.4 Å². The number of anilines is 1. The molecular formula is C17H15BrClNO4. The second-order valence-electron chi connectivity index (χ2n) is 4.89. The Kier molecular flexibility index (Phi) is 6.23. The van der Waals surface area contributed by atoms with Gasteiger partial charge >= 0.3 is 5.97 Å². The number of nitrogens with one attached hydrogen (secondary N) is 1. The molecule has 24 heavy (non-hydrogen) atoms. The van der Waals surface area contributed by atoms with Crippen molar-refractivity contribution in [1.29, 1.82) is 0 Å². The van der Waals surface area contributed by atoms with Gasteiger partial charge in [0.25, 0.3) is 5.91 Å². The summed E-state index contributed by atoms with van der Waals surface area (Å²) < 4.78 is 10.9. The standard InChI is InChI=1S/C17H15BrClNO4/c1-10(16(21)20-12-4-6-13(23-2)7-5-12)24-17(22)14-9-11(18)3-8-15(14)19/h3-10H,1-2H3,(H,20,21). The monoisotopic (exact) mass is 411 g/mol. The SMILES string of the molecule is COc1ccc(NC(=O)C(C)OC(=O)c2cc(Br)ccc2Cl)cc1. The lowest BCUT2D eigenvalue weighted by Gasteiger charge is -2.14. The van der Waals surface area contributed by atoms with Gasteiger partial charge in [-0.2, -0.15) is 0 Å². The molecule has 0 heterocycles. The Morgan fingerprint density at radius 3 is 2.46 bits per heavy atom. The number of hydrogen-bond acceptors (Lipinski definition) is 4. The van der Waals surface area contributed by atoms with Crippen molar-refractivity contribution in [3.05, 3.63) is 57.5 Å². The molecule has 2 aromatic carbocycles. The molecule has 2 rings (SSSR count). The van der Waals surface area contributed by atoms with Crippen LogP contribution in [0.2, 0.25) is 5.02 Å². The fourth-order valence-electron chi connectivity index (χ4n) is 1.85. The van der Waals surface area contributed by atoms with Crippen LogP contribution >= 0.6 is 27.5 Å². The molecule has 1 amide bonds. The summed E-state index contributed by atoms with van der Waals surface area (Å²) in [7, 11) is 1.56. The molecule has 0 bridgehead atoms. The van der Waals surface area contributed by atoms with E-state index in [1.54, 1.807) is 49.6 Å². The minimum Gasteiger partial charge on any atom is -0.497 e. The number of amides is 1. The molecule has 2 aromatic rings. The van der Waals surface area contributed by atoms with Gasteiger partial charge in [-0.1, -0.05) is 27.5 Å². The molecular weight excluding hydrogens is 398 g/mol. The summed E-state index contributed by atoms with van der Waals surface area (Å²) >= 11 is 9.24. The van der Waals surface area contributed by atoms with Crippen molar-refractivity contribution < 1.29 is 19.1 Å². The van der Waals surface area contributed by atoms with Crippen molar-refractivity contribution in [1.82, 2.24) is 0 Å². The Morgan fingerprint density at radius 1 is 1.17 bits per heavy atom. The van der Waals surface area contributed by atoms with E-state index in [4.69, 9.17) is 21.1 Å². The fourth-order valence-corrected chi connectivity index (χ4v) is 2.41. The highest BCUT2D eigenvalue weighted by Gasteiger charge is 2.21. The molecule has 0 spiro atoms. The Bertz CT molecular complexity index is 749. The number of esters is 1. The fraction of sp³-hybridized carbons (Fsp3) is 0.176. The lowest BCUT2D eigenvalue weighted by atomic mass is 10.2. The van der Waals surface area contributed by atoms with Crippen LogP contribution in [0.15, 0.2) is 46.9 Å². The van der Waals surface area contributed by atoms with Gasteiger partial charge in [0.15, 0.2) is 6.10 Å². The first-order valence-corrected chi connectivity index (χ1v) is 8.18. The first kappa shape index (κ1) is 18.3. The minimum absolute atomic E-state index is 0.190. The van der Waals surface area contributed by atoms with E-state index in [1.807, 2.05) is 0 Å². The maximum atomic E-state index is 12.1. The van der Waals surface area contributed by atoms with Crippen LogP contribution in [-0.4, -0.2) is 25.1 Å². The summed E-state index contributed by atoms with van der Waals surface area (Å²) in [4.78, 5) is 24.3. The van der Waals surface area contributed by atoms with Crippen LogP contribution in [-0.2, 0) is 9.53 Å². The maximum Gasteiger partial charge on any atom is 0.340 e. The lowest BCUT2D eigenvalue weighted by molar-refractivity contribution is -0.123. The topological polar surface area (TPSA) is 64.6 Å². The normalized spacial score (nSPS) is 11.5. The van der Waals surface area contributed by atoms with Gasteiger partial charge in [-0.3, -0.25) is 4.79 Å². The highest BCUT2D eigenvalue weighted by Crippen LogP contribution is 2.22. The number of ether oxygens (including phenoxy) is 2. The van der Waals surface area contributed by atoms with Crippen LogP contribution in [0.4, 0.5) is 5.69 Å². The molecule has 0 aliphatic heterocycles. The van der Waals surface area contributed by atoms with Crippen molar-refractivity contribution >= 4 is 45.1 Å². The Hall–Kier alpha value is -2.05. The summed E-state index contributed by atoms with van der Waals surface area (Å²) in [6.45, 7) is 1.49. The zero-order valence-corrected chi connectivity index (χ0v) is 15.3. The Balaban J connectivity index is 2.00. The molecule has 7 heteroatoms. The molecule has 0 aromatic heterocycles. The third-order valence-electron chi connectivity index (χ3n) is 3.16. The Labute approximate surface area is 153 Å². The molecule has 0 aliphatic carbocycles. The van der Waals surface area contributed by atoms with Crippen molar-refractivity contribution in [3.8, 4) is 5.75 Å². The van der Waals surface area contributed by atoms with Gasteiger partial charge in [0.05, 0.1) is 17.7 Å². The van der Waals surface area contributed by atoms with E-state index in [0.29, 0.717) is 15.9 Å². The van der Waals surface area contributed by atoms with Crippen LogP contribution < -0.4 is 10.1 Å². The van der Waals surface area contributed by atoms with Gasteiger partial charge in [0.2, 0.25) is 0 Å². The summed E-state index contributed by atoms with van der Waals surface area (Å²) in [5.74, 6) is -0.435. The van der Waals surface area contributed by atoms with E-state index in [0.717, 1.165) is 0 Å². The lowest BCUT2D eigenvalue weighted by Crippen LogP contribution is -2.30. The zero-order chi connectivity index (χ0) is 17.7. The molecule has 0 aliphatic rings. The van der Waals surface area contributed by atoms with Gasteiger partial charge < -0.3 is 14.8 Å². The van der Waals surface area contributed by atoms with E-state index in [1.165, 1.54) is 6.92 Å². The number of hydrogen-bond donors (Lipinski definition) is 1. The number of carbonyl (C=O) groups is 2. The molecule has 5 nitrogen and oxygen atoms in total.